The number of hydrogen-bond acceptors (Lipinski definition) is 2. The monoisotopic (exact) mass is 288 g/mol. The van der Waals surface area contributed by atoms with Crippen molar-refractivity contribution in [1.29, 1.82) is 0 Å². The molecule has 0 bridgehead atoms. The number of amides is 2. The minimum Gasteiger partial charge on any atom is -0.349 e. The van der Waals surface area contributed by atoms with Crippen molar-refractivity contribution in [2.75, 3.05) is 13.1 Å². The average Bonchev–Trinajstić information content (AvgIpc) is 2.47. The van der Waals surface area contributed by atoms with E-state index in [1.165, 1.54) is 0 Å². The highest BCUT2D eigenvalue weighted by molar-refractivity contribution is 5.94. The summed E-state index contributed by atoms with van der Waals surface area (Å²) >= 11 is 0. The number of likely N-dealkylation sites (tertiary alicyclic amines) is 1. The number of carbonyl (C=O) groups is 2. The molecule has 0 radical (unpaired) electrons. The van der Waals surface area contributed by atoms with Crippen molar-refractivity contribution in [1.82, 2.24) is 10.2 Å². The summed E-state index contributed by atoms with van der Waals surface area (Å²) in [5, 5.41) is 3.06. The zero-order chi connectivity index (χ0) is 15.5. The average molecular weight is 288 g/mol. The Morgan fingerprint density at radius 1 is 1.10 bits per heavy atom. The van der Waals surface area contributed by atoms with Crippen LogP contribution in [0.25, 0.3) is 0 Å². The molecule has 1 aliphatic rings. The first-order valence-electron chi connectivity index (χ1n) is 7.53. The lowest BCUT2D eigenvalue weighted by atomic mass is 9.93. The van der Waals surface area contributed by atoms with Crippen molar-refractivity contribution in [3.63, 3.8) is 0 Å². The maximum Gasteiger partial charge on any atom is 0.251 e. The van der Waals surface area contributed by atoms with E-state index < -0.39 is 0 Å². The highest BCUT2D eigenvalue weighted by Gasteiger charge is 2.30. The zero-order valence-electron chi connectivity index (χ0n) is 13.1. The lowest BCUT2D eigenvalue weighted by Crippen LogP contribution is -2.49. The van der Waals surface area contributed by atoms with Crippen LogP contribution in [0, 0.1) is 5.41 Å². The Balaban J connectivity index is 1.85. The smallest absolute Gasteiger partial charge is 0.251 e. The molecule has 0 atom stereocenters. The number of rotatable bonds is 2. The Morgan fingerprint density at radius 3 is 2.19 bits per heavy atom. The van der Waals surface area contributed by atoms with Crippen LogP contribution in [0.3, 0.4) is 0 Å². The number of benzene rings is 1. The van der Waals surface area contributed by atoms with Gasteiger partial charge in [-0.25, -0.2) is 0 Å². The van der Waals surface area contributed by atoms with Gasteiger partial charge in [0.15, 0.2) is 0 Å². The first-order valence-corrected chi connectivity index (χ1v) is 7.53. The van der Waals surface area contributed by atoms with Gasteiger partial charge >= 0.3 is 0 Å². The van der Waals surface area contributed by atoms with Crippen molar-refractivity contribution >= 4 is 11.8 Å². The summed E-state index contributed by atoms with van der Waals surface area (Å²) in [5.41, 5.74) is 0.353. The van der Waals surface area contributed by atoms with Crippen LogP contribution >= 0.6 is 0 Å². The van der Waals surface area contributed by atoms with Gasteiger partial charge in [0.05, 0.1) is 0 Å². The molecule has 2 amide bonds. The van der Waals surface area contributed by atoms with Crippen molar-refractivity contribution in [3.8, 4) is 0 Å². The molecule has 4 heteroatoms. The molecule has 0 aromatic heterocycles. The first-order chi connectivity index (χ1) is 9.88. The lowest BCUT2D eigenvalue weighted by molar-refractivity contribution is -0.140. The van der Waals surface area contributed by atoms with E-state index in [2.05, 4.69) is 5.32 Å². The Morgan fingerprint density at radius 2 is 1.67 bits per heavy atom. The Kier molecular flexibility index (Phi) is 4.66. The van der Waals surface area contributed by atoms with E-state index >= 15 is 0 Å². The maximum atomic E-state index is 12.2. The summed E-state index contributed by atoms with van der Waals surface area (Å²) in [7, 11) is 0. The molecule has 21 heavy (non-hydrogen) atoms. The van der Waals surface area contributed by atoms with E-state index in [-0.39, 0.29) is 23.3 Å². The van der Waals surface area contributed by atoms with Crippen LogP contribution in [-0.4, -0.2) is 35.8 Å². The molecule has 4 nitrogen and oxygen atoms in total. The van der Waals surface area contributed by atoms with Crippen molar-refractivity contribution < 1.29 is 9.59 Å². The molecule has 114 valence electrons. The fourth-order valence-corrected chi connectivity index (χ4v) is 2.56. The molecule has 1 saturated heterocycles. The lowest BCUT2D eigenvalue weighted by Gasteiger charge is -2.36. The molecule has 1 aromatic carbocycles. The van der Waals surface area contributed by atoms with Crippen LogP contribution in [0.2, 0.25) is 0 Å². The van der Waals surface area contributed by atoms with Gasteiger partial charge in [-0.15, -0.1) is 0 Å². The van der Waals surface area contributed by atoms with Gasteiger partial charge in [-0.1, -0.05) is 39.0 Å². The molecule has 1 N–H and O–H groups in total. The standard InChI is InChI=1S/C17H24N2O2/c1-17(2,3)16(21)19-11-9-14(10-12-19)18-15(20)13-7-5-4-6-8-13/h4-8,14H,9-12H2,1-3H3,(H,18,20). The molecule has 1 aliphatic heterocycles. The number of piperidine rings is 1. The third-order valence-corrected chi connectivity index (χ3v) is 3.79. The number of nitrogens with zero attached hydrogens (tertiary/aromatic N) is 1. The SMILES string of the molecule is CC(C)(C)C(=O)N1CCC(NC(=O)c2ccccc2)CC1. The van der Waals surface area contributed by atoms with Crippen molar-refractivity contribution in [3.05, 3.63) is 35.9 Å². The quantitative estimate of drug-likeness (QED) is 0.908. The maximum absolute atomic E-state index is 12.2. The van der Waals surface area contributed by atoms with Gasteiger partial charge in [-0.2, -0.15) is 0 Å². The van der Waals surface area contributed by atoms with Crippen LogP contribution in [-0.2, 0) is 4.79 Å². The van der Waals surface area contributed by atoms with Crippen LogP contribution in [0.5, 0.6) is 0 Å². The van der Waals surface area contributed by atoms with Crippen molar-refractivity contribution in [2.45, 2.75) is 39.7 Å². The normalized spacial score (nSPS) is 16.6. The molecule has 0 aliphatic carbocycles. The van der Waals surface area contributed by atoms with Crippen LogP contribution in [0.4, 0.5) is 0 Å². The van der Waals surface area contributed by atoms with Gasteiger partial charge < -0.3 is 10.2 Å². The fraction of sp³-hybridized carbons (Fsp3) is 0.529. The third kappa shape index (κ3) is 4.06. The largest absolute Gasteiger partial charge is 0.349 e. The zero-order valence-corrected chi connectivity index (χ0v) is 13.1. The minimum absolute atomic E-state index is 0.0313. The van der Waals surface area contributed by atoms with Crippen LogP contribution < -0.4 is 5.32 Å². The molecule has 1 aromatic rings. The van der Waals surface area contributed by atoms with E-state index in [1.807, 2.05) is 56.0 Å². The van der Waals surface area contributed by atoms with Crippen molar-refractivity contribution in [2.24, 2.45) is 5.41 Å². The van der Waals surface area contributed by atoms with Gasteiger partial charge in [0.25, 0.3) is 5.91 Å². The van der Waals surface area contributed by atoms with E-state index in [4.69, 9.17) is 0 Å². The first kappa shape index (κ1) is 15.5. The highest BCUT2D eigenvalue weighted by atomic mass is 16.2. The summed E-state index contributed by atoms with van der Waals surface area (Å²) in [5.74, 6) is 0.159. The van der Waals surface area contributed by atoms with Gasteiger partial charge in [0, 0.05) is 30.1 Å². The number of hydrogen-bond donors (Lipinski definition) is 1. The summed E-state index contributed by atoms with van der Waals surface area (Å²) < 4.78 is 0. The predicted octanol–water partition coefficient (Wildman–Crippen LogP) is 2.45. The molecule has 1 fully saturated rings. The highest BCUT2D eigenvalue weighted by Crippen LogP contribution is 2.21. The minimum atomic E-state index is -0.333. The molecule has 0 unspecified atom stereocenters. The summed E-state index contributed by atoms with van der Waals surface area (Å²) in [4.78, 5) is 26.2. The van der Waals surface area contributed by atoms with Gasteiger partial charge in [-0.3, -0.25) is 9.59 Å². The Bertz CT molecular complexity index is 497. The van der Waals surface area contributed by atoms with E-state index in [1.54, 1.807) is 0 Å². The molecule has 0 spiro atoms. The summed E-state index contributed by atoms with van der Waals surface area (Å²) in [6.45, 7) is 7.27. The summed E-state index contributed by atoms with van der Waals surface area (Å²) in [6.07, 6.45) is 1.64. The second kappa shape index (κ2) is 6.29. The predicted molar refractivity (Wildman–Crippen MR) is 83.0 cm³/mol. The van der Waals surface area contributed by atoms with Crippen LogP contribution in [0.1, 0.15) is 44.0 Å². The molecule has 1 heterocycles. The van der Waals surface area contributed by atoms with Gasteiger partial charge in [0.1, 0.15) is 0 Å². The molecular formula is C17H24N2O2. The topological polar surface area (TPSA) is 49.4 Å². The van der Waals surface area contributed by atoms with Gasteiger partial charge in [0.2, 0.25) is 5.91 Å². The molecule has 0 saturated carbocycles. The fourth-order valence-electron chi connectivity index (χ4n) is 2.56. The number of nitrogens with one attached hydrogen (secondary N) is 1. The van der Waals surface area contributed by atoms with Gasteiger partial charge in [-0.05, 0) is 25.0 Å². The van der Waals surface area contributed by atoms with E-state index in [9.17, 15) is 9.59 Å². The third-order valence-electron chi connectivity index (χ3n) is 3.79. The van der Waals surface area contributed by atoms with Crippen LogP contribution in [0.15, 0.2) is 30.3 Å². The second-order valence-corrected chi connectivity index (χ2v) is 6.66. The molecule has 2 rings (SSSR count). The Labute approximate surface area is 126 Å². The Hall–Kier alpha value is -1.84. The van der Waals surface area contributed by atoms with E-state index in [0.717, 1.165) is 25.9 Å². The second-order valence-electron chi connectivity index (χ2n) is 6.66. The summed E-state index contributed by atoms with van der Waals surface area (Å²) in [6, 6.07) is 9.40. The van der Waals surface area contributed by atoms with E-state index in [0.29, 0.717) is 5.56 Å². The molecular weight excluding hydrogens is 264 g/mol. The number of carbonyl (C=O) groups excluding carboxylic acids is 2.